The van der Waals surface area contributed by atoms with Crippen LogP contribution >= 0.6 is 11.6 Å². The molecule has 6 heterocycles. The monoisotopic (exact) mass is 819 g/mol. The van der Waals surface area contributed by atoms with Crippen LogP contribution in [0.2, 0.25) is 5.02 Å². The summed E-state index contributed by atoms with van der Waals surface area (Å²) in [6.45, 7) is 6.71. The Morgan fingerprint density at radius 1 is 0.881 bits per heavy atom. The zero-order valence-corrected chi connectivity index (χ0v) is 33.5. The number of likely N-dealkylation sites (tertiary alicyclic amines) is 1. The number of halogens is 1. The van der Waals surface area contributed by atoms with E-state index in [2.05, 4.69) is 41.6 Å². The number of aromatic nitrogens is 2. The molecule has 59 heavy (non-hydrogen) atoms. The fourth-order valence-corrected chi connectivity index (χ4v) is 10.0. The Bertz CT molecular complexity index is 2220. The van der Waals surface area contributed by atoms with Gasteiger partial charge in [-0.15, -0.1) is 10.2 Å². The normalized spacial score (nSPS) is 24.5. The molecule has 0 radical (unpaired) electrons. The number of nitrogens with one attached hydrogen (secondary N) is 2. The number of nitriles is 1. The molecule has 3 aromatic rings. The van der Waals surface area contributed by atoms with Gasteiger partial charge in [-0.2, -0.15) is 5.26 Å². The van der Waals surface area contributed by atoms with Crippen molar-refractivity contribution in [3.05, 3.63) is 75.9 Å². The summed E-state index contributed by atoms with van der Waals surface area (Å²) in [5.41, 5.74) is 2.45. The van der Waals surface area contributed by atoms with Crippen molar-refractivity contribution < 1.29 is 28.7 Å². The number of benzene rings is 2. The van der Waals surface area contributed by atoms with E-state index in [-0.39, 0.29) is 36.3 Å². The molecule has 6 aliphatic rings. The average molecular weight is 820 g/mol. The molecular weight excluding hydrogens is 774 g/mol. The van der Waals surface area contributed by atoms with Crippen LogP contribution in [0.3, 0.4) is 0 Å². The molecule has 306 valence electrons. The van der Waals surface area contributed by atoms with E-state index in [9.17, 15) is 24.0 Å². The topological polar surface area (TPSA) is 181 Å². The predicted octanol–water partition coefficient (Wildman–Crippen LogP) is 3.95. The van der Waals surface area contributed by atoms with E-state index < -0.39 is 29.7 Å². The fraction of sp³-hybridized carbons (Fsp3) is 0.488. The Hall–Kier alpha value is -5.59. The molecule has 0 bridgehead atoms. The van der Waals surface area contributed by atoms with Gasteiger partial charge in [0.1, 0.15) is 17.9 Å². The van der Waals surface area contributed by atoms with Crippen molar-refractivity contribution in [1.82, 2.24) is 30.6 Å². The summed E-state index contributed by atoms with van der Waals surface area (Å²) >= 11 is 6.15. The number of anilines is 2. The summed E-state index contributed by atoms with van der Waals surface area (Å²) in [4.78, 5) is 71.7. The van der Waals surface area contributed by atoms with E-state index in [1.807, 2.05) is 12.1 Å². The zero-order chi connectivity index (χ0) is 40.8. The molecule has 5 aliphatic heterocycles. The number of carbonyl (C=O) groups is 5. The Morgan fingerprint density at radius 2 is 1.66 bits per heavy atom. The van der Waals surface area contributed by atoms with Crippen LogP contribution in [0.4, 0.5) is 11.5 Å². The first kappa shape index (κ1) is 38.9. The van der Waals surface area contributed by atoms with Crippen LogP contribution in [0.5, 0.6) is 5.75 Å². The minimum Gasteiger partial charge on any atom is -0.490 e. The summed E-state index contributed by atoms with van der Waals surface area (Å²) in [6, 6.07) is 15.2. The first-order valence-corrected chi connectivity index (χ1v) is 21.0. The van der Waals surface area contributed by atoms with Crippen molar-refractivity contribution in [2.45, 2.75) is 76.0 Å². The van der Waals surface area contributed by atoms with Crippen LogP contribution < -0.4 is 25.2 Å². The first-order valence-electron chi connectivity index (χ1n) is 20.6. The largest absolute Gasteiger partial charge is 0.490 e. The lowest BCUT2D eigenvalue weighted by Gasteiger charge is -2.49. The number of rotatable bonds is 9. The maximum Gasteiger partial charge on any atom is 0.272 e. The number of hydrogen-bond donors (Lipinski definition) is 2. The molecule has 1 unspecified atom stereocenters. The smallest absolute Gasteiger partial charge is 0.272 e. The fourth-order valence-electron chi connectivity index (χ4n) is 9.80. The van der Waals surface area contributed by atoms with Crippen LogP contribution in [0.25, 0.3) is 0 Å². The van der Waals surface area contributed by atoms with Crippen molar-refractivity contribution in [2.75, 3.05) is 55.6 Å². The molecule has 1 aliphatic carbocycles. The SMILES string of the molecule is N#Cc1ccc(OC2CCC(NC(=O)c3ccc(N4CCC(CN5CCC6(C5)CN(c5ccc7c(c5)C(=O)N(C5CCC(=O)NC5=O)C7=O)C6)CC4)nn3)CC2)cc1Cl. The highest BCUT2D eigenvalue weighted by Crippen LogP contribution is 2.43. The number of ether oxygens (including phenoxy) is 1. The molecule has 5 fully saturated rings. The maximum absolute atomic E-state index is 13.3. The van der Waals surface area contributed by atoms with E-state index in [1.165, 1.54) is 0 Å². The molecule has 9 rings (SSSR count). The molecule has 2 N–H and O–H groups in total. The second kappa shape index (κ2) is 15.9. The Labute approximate surface area is 347 Å². The Balaban J connectivity index is 0.697. The number of carbonyl (C=O) groups excluding carboxylic acids is 5. The van der Waals surface area contributed by atoms with Gasteiger partial charge in [-0.1, -0.05) is 11.6 Å². The van der Waals surface area contributed by atoms with Gasteiger partial charge in [-0.05, 0) is 106 Å². The molecule has 1 spiro atoms. The second-order valence-electron chi connectivity index (χ2n) is 17.0. The molecular formula is C43H46ClN9O6. The summed E-state index contributed by atoms with van der Waals surface area (Å²) in [6.07, 6.45) is 6.65. The molecule has 15 nitrogen and oxygen atoms in total. The van der Waals surface area contributed by atoms with Crippen LogP contribution in [-0.4, -0.2) is 114 Å². The highest BCUT2D eigenvalue weighted by molar-refractivity contribution is 6.31. The number of amides is 5. The van der Waals surface area contributed by atoms with Gasteiger partial charge in [0.05, 0.1) is 27.8 Å². The average Bonchev–Trinajstić information content (AvgIpc) is 3.76. The third-order valence-corrected chi connectivity index (χ3v) is 13.4. The van der Waals surface area contributed by atoms with Gasteiger partial charge in [0.15, 0.2) is 11.5 Å². The van der Waals surface area contributed by atoms with Crippen LogP contribution in [0.1, 0.15) is 94.6 Å². The predicted molar refractivity (Wildman–Crippen MR) is 216 cm³/mol. The number of piperidine rings is 2. The Kier molecular flexibility index (Phi) is 10.5. The van der Waals surface area contributed by atoms with Gasteiger partial charge in [0.25, 0.3) is 17.7 Å². The zero-order valence-electron chi connectivity index (χ0n) is 32.7. The standard InChI is InChI=1S/C43H46ClN9O6/c44-34-20-31(5-1-27(34)21-45)59-30-6-2-28(3-7-30)46-39(55)35-9-11-37(49-48-35)51-16-13-26(14-17-51)22-50-18-15-43(23-50)24-52(25-43)29-4-8-32-33(19-29)42(58)53(41(32)57)36-10-12-38(54)47-40(36)56/h1,4-5,8-9,11,19-20,26,28,30,36H,2-3,6-7,10,12-18,22-25H2,(H,46,55)(H,47,54,56). The van der Waals surface area contributed by atoms with Crippen molar-refractivity contribution in [3.8, 4) is 11.8 Å². The quantitative estimate of drug-likeness (QED) is 0.297. The molecule has 5 amide bonds. The lowest BCUT2D eigenvalue weighted by molar-refractivity contribution is -0.136. The van der Waals surface area contributed by atoms with Gasteiger partial charge < -0.3 is 24.8 Å². The number of hydrogen-bond acceptors (Lipinski definition) is 12. The van der Waals surface area contributed by atoms with E-state index >= 15 is 0 Å². The maximum atomic E-state index is 13.3. The lowest BCUT2D eigenvalue weighted by Crippen LogP contribution is -2.58. The van der Waals surface area contributed by atoms with Crippen molar-refractivity contribution >= 4 is 52.6 Å². The summed E-state index contributed by atoms with van der Waals surface area (Å²) in [5.74, 6) is -0.161. The second-order valence-corrected chi connectivity index (χ2v) is 17.5. The third kappa shape index (κ3) is 7.83. The van der Waals surface area contributed by atoms with Gasteiger partial charge >= 0.3 is 0 Å². The van der Waals surface area contributed by atoms with Gasteiger partial charge in [-0.25, -0.2) is 0 Å². The van der Waals surface area contributed by atoms with E-state index in [4.69, 9.17) is 21.6 Å². The Morgan fingerprint density at radius 3 is 2.37 bits per heavy atom. The molecule has 2 aromatic carbocycles. The molecule has 1 saturated carbocycles. The molecule has 4 saturated heterocycles. The summed E-state index contributed by atoms with van der Waals surface area (Å²) < 4.78 is 6.08. The van der Waals surface area contributed by atoms with Gasteiger partial charge in [0.2, 0.25) is 11.8 Å². The molecule has 16 heteroatoms. The number of imide groups is 2. The van der Waals surface area contributed by atoms with Crippen molar-refractivity contribution in [3.63, 3.8) is 0 Å². The van der Waals surface area contributed by atoms with Crippen molar-refractivity contribution in [1.29, 1.82) is 5.26 Å². The van der Waals surface area contributed by atoms with E-state index in [0.29, 0.717) is 39.1 Å². The minimum absolute atomic E-state index is 0.0217. The van der Waals surface area contributed by atoms with Crippen LogP contribution in [-0.2, 0) is 9.59 Å². The highest BCUT2D eigenvalue weighted by atomic mass is 35.5. The number of nitrogens with zero attached hydrogens (tertiary/aromatic N) is 7. The summed E-state index contributed by atoms with van der Waals surface area (Å²) in [5, 5.41) is 23.6. The number of fused-ring (bicyclic) bond motifs is 1. The summed E-state index contributed by atoms with van der Waals surface area (Å²) in [7, 11) is 0. The minimum atomic E-state index is -0.970. The first-order chi connectivity index (χ1) is 28.5. The van der Waals surface area contributed by atoms with Gasteiger partial charge in [-0.3, -0.25) is 34.2 Å². The highest BCUT2D eigenvalue weighted by Gasteiger charge is 2.49. The van der Waals surface area contributed by atoms with Gasteiger partial charge in [0, 0.05) is 68.9 Å². The lowest BCUT2D eigenvalue weighted by atomic mass is 9.78. The third-order valence-electron chi connectivity index (χ3n) is 13.1. The molecule has 1 aromatic heterocycles. The molecule has 1 atom stereocenters. The van der Waals surface area contributed by atoms with Crippen LogP contribution in [0, 0.1) is 22.7 Å². The van der Waals surface area contributed by atoms with E-state index in [1.54, 1.807) is 36.4 Å². The van der Waals surface area contributed by atoms with E-state index in [0.717, 1.165) is 107 Å². The van der Waals surface area contributed by atoms with Crippen molar-refractivity contribution in [2.24, 2.45) is 11.3 Å². The van der Waals surface area contributed by atoms with Crippen LogP contribution in [0.15, 0.2) is 48.5 Å².